The molecule has 1 rings (SSSR count). The minimum Gasteiger partial charge on any atom is -0.358 e. The molecule has 21 heavy (non-hydrogen) atoms. The molecule has 0 aromatic carbocycles. The van der Waals surface area contributed by atoms with E-state index in [1.807, 2.05) is 0 Å². The molecule has 1 heterocycles. The van der Waals surface area contributed by atoms with Gasteiger partial charge in [-0.25, -0.2) is 4.98 Å². The largest absolute Gasteiger partial charge is 0.434 e. The van der Waals surface area contributed by atoms with Gasteiger partial charge in [0, 0.05) is 19.5 Å². The summed E-state index contributed by atoms with van der Waals surface area (Å²) < 4.78 is 37.1. The Morgan fingerprint density at radius 2 is 2.10 bits per heavy atom. The lowest BCUT2D eigenvalue weighted by Gasteiger charge is -2.09. The zero-order valence-electron chi connectivity index (χ0n) is 11.2. The van der Waals surface area contributed by atoms with Gasteiger partial charge in [0.25, 0.3) is 0 Å². The van der Waals surface area contributed by atoms with Gasteiger partial charge in [-0.1, -0.05) is 0 Å². The summed E-state index contributed by atoms with van der Waals surface area (Å²) in [6.45, 7) is 0.107. The summed E-state index contributed by atoms with van der Waals surface area (Å²) in [5.74, 6) is 0.0684. The second-order valence-electron chi connectivity index (χ2n) is 3.58. The molecule has 1 amide bonds. The maximum atomic E-state index is 12.4. The number of aromatic nitrogens is 1. The molecule has 0 unspecified atom stereocenters. The van der Waals surface area contributed by atoms with Gasteiger partial charge < -0.3 is 16.0 Å². The Morgan fingerprint density at radius 3 is 2.57 bits per heavy atom. The molecule has 0 atom stereocenters. The van der Waals surface area contributed by atoms with Crippen molar-refractivity contribution in [1.29, 1.82) is 0 Å². The van der Waals surface area contributed by atoms with Crippen LogP contribution in [0.5, 0.6) is 0 Å². The van der Waals surface area contributed by atoms with E-state index in [9.17, 15) is 18.0 Å². The van der Waals surface area contributed by atoms with Crippen LogP contribution in [0.1, 0.15) is 10.7 Å². The highest BCUT2D eigenvalue weighted by molar-refractivity contribution is 14.0. The van der Waals surface area contributed by atoms with Crippen molar-refractivity contribution in [2.24, 2.45) is 4.99 Å². The molecule has 3 N–H and O–H groups in total. The average Bonchev–Trinajstić information content (AvgIpc) is 2.87. The van der Waals surface area contributed by atoms with Crippen LogP contribution < -0.4 is 16.0 Å². The predicted octanol–water partition coefficient (Wildman–Crippen LogP) is 1.19. The van der Waals surface area contributed by atoms with Crippen molar-refractivity contribution in [3.05, 3.63) is 16.1 Å². The zero-order valence-corrected chi connectivity index (χ0v) is 14.4. The lowest BCUT2D eigenvalue weighted by atomic mass is 10.5. The summed E-state index contributed by atoms with van der Waals surface area (Å²) in [5, 5.41) is 9.13. The lowest BCUT2D eigenvalue weighted by molar-refractivity contribution is -0.140. The summed E-state index contributed by atoms with van der Waals surface area (Å²) >= 11 is 0.902. The average molecular weight is 437 g/mol. The van der Waals surface area contributed by atoms with Gasteiger partial charge >= 0.3 is 6.18 Å². The van der Waals surface area contributed by atoms with E-state index in [2.05, 4.69) is 25.9 Å². The van der Waals surface area contributed by atoms with E-state index >= 15 is 0 Å². The number of nitrogens with one attached hydrogen (secondary N) is 3. The van der Waals surface area contributed by atoms with Crippen LogP contribution in [0.2, 0.25) is 0 Å². The number of likely N-dealkylation sites (N-methyl/N-ethyl adjacent to an activating group) is 1. The van der Waals surface area contributed by atoms with Gasteiger partial charge in [0.1, 0.15) is 5.01 Å². The summed E-state index contributed by atoms with van der Waals surface area (Å²) in [7, 11) is 2.98. The summed E-state index contributed by atoms with van der Waals surface area (Å²) in [4.78, 5) is 18.3. The molecule has 0 saturated carbocycles. The van der Waals surface area contributed by atoms with Crippen molar-refractivity contribution in [1.82, 2.24) is 20.9 Å². The molecular formula is C10H15F3IN5OS. The zero-order chi connectivity index (χ0) is 15.2. The van der Waals surface area contributed by atoms with Crippen molar-refractivity contribution in [3.63, 3.8) is 0 Å². The van der Waals surface area contributed by atoms with Gasteiger partial charge in [-0.2, -0.15) is 13.2 Å². The van der Waals surface area contributed by atoms with Gasteiger partial charge in [0.2, 0.25) is 5.91 Å². The number of guanidine groups is 1. The van der Waals surface area contributed by atoms with E-state index < -0.39 is 11.9 Å². The van der Waals surface area contributed by atoms with Gasteiger partial charge in [0.15, 0.2) is 11.7 Å². The number of carbonyl (C=O) groups excluding carboxylic acids is 1. The van der Waals surface area contributed by atoms with Crippen LogP contribution in [0.15, 0.2) is 10.4 Å². The Hall–Kier alpha value is -1.11. The maximum absolute atomic E-state index is 12.4. The second kappa shape index (κ2) is 9.02. The van der Waals surface area contributed by atoms with E-state index in [0.29, 0.717) is 5.96 Å². The number of nitrogens with zero attached hydrogens (tertiary/aromatic N) is 2. The van der Waals surface area contributed by atoms with Crippen LogP contribution in [0.3, 0.4) is 0 Å². The fourth-order valence-electron chi connectivity index (χ4n) is 1.15. The van der Waals surface area contributed by atoms with Crippen LogP contribution >= 0.6 is 35.3 Å². The molecule has 1 aromatic heterocycles. The number of carbonyl (C=O) groups is 1. The van der Waals surface area contributed by atoms with Crippen molar-refractivity contribution in [3.8, 4) is 0 Å². The Morgan fingerprint density at radius 1 is 1.43 bits per heavy atom. The molecule has 0 aliphatic carbocycles. The van der Waals surface area contributed by atoms with Crippen LogP contribution in [-0.2, 0) is 17.5 Å². The highest BCUT2D eigenvalue weighted by Gasteiger charge is 2.33. The molecule has 0 aliphatic rings. The van der Waals surface area contributed by atoms with E-state index in [1.165, 1.54) is 14.1 Å². The minimum absolute atomic E-state index is 0. The molecule has 0 aliphatic heterocycles. The SMILES string of the molecule is CN=C(NCC(=O)NC)NCc1nc(C(F)(F)F)cs1.I. The summed E-state index contributed by atoms with van der Waals surface area (Å²) in [6, 6.07) is 0. The van der Waals surface area contributed by atoms with E-state index in [0.717, 1.165) is 16.7 Å². The standard InChI is InChI=1S/C10H14F3N5OS.HI/c1-14-7(19)3-16-9(15-2)17-4-8-18-6(5-20-8)10(11,12)13;/h5H,3-4H2,1-2H3,(H,14,19)(H2,15,16,17);1H. The number of rotatable bonds is 4. The molecule has 0 saturated heterocycles. The first kappa shape index (κ1) is 19.9. The number of hydrogen-bond donors (Lipinski definition) is 3. The number of hydrogen-bond acceptors (Lipinski definition) is 4. The number of thiazole rings is 1. The lowest BCUT2D eigenvalue weighted by Crippen LogP contribution is -2.42. The van der Waals surface area contributed by atoms with Crippen LogP contribution in [0, 0.1) is 0 Å². The molecule has 0 fully saturated rings. The van der Waals surface area contributed by atoms with E-state index in [4.69, 9.17) is 0 Å². The Bertz CT molecular complexity index is 491. The first-order valence-corrected chi connectivity index (χ1v) is 6.41. The molecule has 120 valence electrons. The first-order valence-electron chi connectivity index (χ1n) is 5.53. The quantitative estimate of drug-likeness (QED) is 0.376. The molecule has 0 bridgehead atoms. The fourth-order valence-corrected chi connectivity index (χ4v) is 1.90. The number of aliphatic imine (C=N–C) groups is 1. The Balaban J connectivity index is 0.00000400. The molecular weight excluding hydrogens is 422 g/mol. The van der Waals surface area contributed by atoms with Crippen LogP contribution in [0.4, 0.5) is 13.2 Å². The fraction of sp³-hybridized carbons (Fsp3) is 0.500. The van der Waals surface area contributed by atoms with Crippen molar-refractivity contribution in [2.75, 3.05) is 20.6 Å². The molecule has 0 radical (unpaired) electrons. The van der Waals surface area contributed by atoms with E-state index in [1.54, 1.807) is 0 Å². The minimum atomic E-state index is -4.44. The maximum Gasteiger partial charge on any atom is 0.434 e. The normalized spacial score (nSPS) is 11.6. The van der Waals surface area contributed by atoms with Crippen molar-refractivity contribution < 1.29 is 18.0 Å². The second-order valence-corrected chi connectivity index (χ2v) is 4.52. The Labute approximate surface area is 140 Å². The Kier molecular flexibility index (Phi) is 8.54. The number of halogens is 4. The van der Waals surface area contributed by atoms with Crippen molar-refractivity contribution in [2.45, 2.75) is 12.7 Å². The molecule has 6 nitrogen and oxygen atoms in total. The molecule has 0 spiro atoms. The smallest absolute Gasteiger partial charge is 0.358 e. The van der Waals surface area contributed by atoms with E-state index in [-0.39, 0.29) is 48.0 Å². The third-order valence-electron chi connectivity index (χ3n) is 2.17. The van der Waals surface area contributed by atoms with Crippen LogP contribution in [0.25, 0.3) is 0 Å². The molecule has 1 aromatic rings. The summed E-state index contributed by atoms with van der Waals surface area (Å²) in [6.07, 6.45) is -4.44. The number of amides is 1. The first-order chi connectivity index (χ1) is 9.36. The topological polar surface area (TPSA) is 78.4 Å². The third-order valence-corrected chi connectivity index (χ3v) is 3.02. The molecule has 11 heteroatoms. The highest BCUT2D eigenvalue weighted by atomic mass is 127. The highest BCUT2D eigenvalue weighted by Crippen LogP contribution is 2.29. The monoisotopic (exact) mass is 437 g/mol. The summed E-state index contributed by atoms with van der Waals surface area (Å²) in [5.41, 5.74) is -0.910. The third kappa shape index (κ3) is 6.93. The van der Waals surface area contributed by atoms with Gasteiger partial charge in [-0.15, -0.1) is 35.3 Å². The van der Waals surface area contributed by atoms with Gasteiger partial charge in [-0.05, 0) is 0 Å². The predicted molar refractivity (Wildman–Crippen MR) is 84.8 cm³/mol. The van der Waals surface area contributed by atoms with Crippen molar-refractivity contribution >= 4 is 47.2 Å². The number of alkyl halides is 3. The van der Waals surface area contributed by atoms with Gasteiger partial charge in [-0.3, -0.25) is 9.79 Å². The van der Waals surface area contributed by atoms with Crippen LogP contribution in [-0.4, -0.2) is 37.5 Å². The van der Waals surface area contributed by atoms with Gasteiger partial charge in [0.05, 0.1) is 13.1 Å².